The first-order valence-electron chi connectivity index (χ1n) is 7.61. The van der Waals surface area contributed by atoms with E-state index >= 15 is 0 Å². The highest BCUT2D eigenvalue weighted by Crippen LogP contribution is 2.32. The van der Waals surface area contributed by atoms with E-state index in [1.165, 1.54) is 6.07 Å². The number of carbonyl (C=O) groups is 1. The summed E-state index contributed by atoms with van der Waals surface area (Å²) in [6.07, 6.45) is 1.09. The van der Waals surface area contributed by atoms with Crippen LogP contribution in [0, 0.1) is 17.0 Å². The Morgan fingerprint density at radius 3 is 2.73 bits per heavy atom. The number of nitrogens with zero attached hydrogens (tertiary/aromatic N) is 2. The molecule has 0 aliphatic carbocycles. The molecule has 9 heteroatoms. The lowest BCUT2D eigenvalue weighted by Crippen LogP contribution is -2.35. The molecule has 8 nitrogen and oxygen atoms in total. The molecule has 0 radical (unpaired) electrons. The van der Waals surface area contributed by atoms with Gasteiger partial charge >= 0.3 is 5.69 Å². The van der Waals surface area contributed by atoms with Gasteiger partial charge in [-0.2, -0.15) is 5.10 Å². The molecule has 0 bridgehead atoms. The Morgan fingerprint density at radius 1 is 1.38 bits per heavy atom. The van der Waals surface area contributed by atoms with E-state index in [0.29, 0.717) is 0 Å². The molecular weight excluding hydrogens is 360 g/mol. The molecule has 0 aromatic heterocycles. The molecular formula is C17H17ClN4O4. The van der Waals surface area contributed by atoms with Gasteiger partial charge in [0.25, 0.3) is 5.91 Å². The van der Waals surface area contributed by atoms with Crippen LogP contribution in [-0.4, -0.2) is 28.2 Å². The minimum atomic E-state index is -0.759. The molecule has 0 saturated carbocycles. The van der Waals surface area contributed by atoms with Gasteiger partial charge in [0.2, 0.25) is 5.75 Å². The maximum atomic E-state index is 12.1. The predicted molar refractivity (Wildman–Crippen MR) is 99.8 cm³/mol. The number of phenolic OH excluding ortho intramolecular Hbond substituents is 1. The van der Waals surface area contributed by atoms with Crippen LogP contribution in [0.4, 0.5) is 11.4 Å². The van der Waals surface area contributed by atoms with E-state index in [-0.39, 0.29) is 10.6 Å². The molecule has 0 heterocycles. The largest absolute Gasteiger partial charge is 0.502 e. The van der Waals surface area contributed by atoms with Crippen molar-refractivity contribution in [2.24, 2.45) is 5.10 Å². The number of nitro benzene ring substituents is 1. The van der Waals surface area contributed by atoms with Crippen molar-refractivity contribution < 1.29 is 14.8 Å². The number of benzene rings is 2. The third kappa shape index (κ3) is 4.70. The summed E-state index contributed by atoms with van der Waals surface area (Å²) in [5, 5.41) is 27.6. The first-order valence-corrected chi connectivity index (χ1v) is 7.99. The highest BCUT2D eigenvalue weighted by atomic mass is 35.5. The van der Waals surface area contributed by atoms with Crippen LogP contribution in [0.5, 0.6) is 5.75 Å². The molecule has 3 N–H and O–H groups in total. The standard InChI is InChI=1S/C17H17ClN4O4/c1-10-5-3-4-6-14(10)20-11(2)17(24)21-19-9-12-7-13(18)8-15(16(12)23)22(25)26/h3-9,11,20,23H,1-2H3,(H,21,24)/b19-9-/t11-/m0/s1. The first-order chi connectivity index (χ1) is 12.3. The fourth-order valence-corrected chi connectivity index (χ4v) is 2.36. The summed E-state index contributed by atoms with van der Waals surface area (Å²) in [5.41, 5.74) is 3.60. The molecule has 0 saturated heterocycles. The molecule has 1 atom stereocenters. The summed E-state index contributed by atoms with van der Waals surface area (Å²) in [7, 11) is 0. The van der Waals surface area contributed by atoms with E-state index < -0.39 is 28.3 Å². The number of nitro groups is 1. The number of anilines is 1. The third-order valence-electron chi connectivity index (χ3n) is 3.57. The molecule has 26 heavy (non-hydrogen) atoms. The highest BCUT2D eigenvalue weighted by Gasteiger charge is 2.18. The van der Waals surface area contributed by atoms with Gasteiger partial charge in [0.15, 0.2) is 0 Å². The van der Waals surface area contributed by atoms with Gasteiger partial charge in [-0.05, 0) is 31.5 Å². The summed E-state index contributed by atoms with van der Waals surface area (Å²) in [6.45, 7) is 3.58. The van der Waals surface area contributed by atoms with E-state index in [1.807, 2.05) is 31.2 Å². The number of rotatable bonds is 6. The Morgan fingerprint density at radius 2 is 2.08 bits per heavy atom. The van der Waals surface area contributed by atoms with Crippen molar-refractivity contribution in [2.45, 2.75) is 19.9 Å². The van der Waals surface area contributed by atoms with E-state index in [0.717, 1.165) is 23.5 Å². The smallest absolute Gasteiger partial charge is 0.312 e. The molecule has 0 unspecified atom stereocenters. The van der Waals surface area contributed by atoms with Crippen LogP contribution < -0.4 is 10.7 Å². The second-order valence-electron chi connectivity index (χ2n) is 5.54. The van der Waals surface area contributed by atoms with Crippen LogP contribution in [0.2, 0.25) is 5.02 Å². The molecule has 0 fully saturated rings. The van der Waals surface area contributed by atoms with Gasteiger partial charge in [0.05, 0.1) is 11.1 Å². The molecule has 2 rings (SSSR count). The van der Waals surface area contributed by atoms with Gasteiger partial charge in [-0.3, -0.25) is 14.9 Å². The number of aromatic hydroxyl groups is 1. The number of para-hydroxylation sites is 1. The van der Waals surface area contributed by atoms with E-state index in [4.69, 9.17) is 11.6 Å². The number of nitrogens with one attached hydrogen (secondary N) is 2. The molecule has 0 aliphatic heterocycles. The van der Waals surface area contributed by atoms with Crippen molar-refractivity contribution >= 4 is 35.1 Å². The van der Waals surface area contributed by atoms with Gasteiger partial charge in [0.1, 0.15) is 6.04 Å². The van der Waals surface area contributed by atoms with Crippen LogP contribution >= 0.6 is 11.6 Å². The zero-order valence-corrected chi connectivity index (χ0v) is 14.8. The number of amides is 1. The summed E-state index contributed by atoms with van der Waals surface area (Å²) in [5.74, 6) is -0.996. The Kier molecular flexibility index (Phi) is 6.13. The zero-order chi connectivity index (χ0) is 19.3. The number of phenols is 1. The normalized spacial score (nSPS) is 12.0. The topological polar surface area (TPSA) is 117 Å². The number of aryl methyl sites for hydroxylation is 1. The maximum Gasteiger partial charge on any atom is 0.312 e. The van der Waals surface area contributed by atoms with Crippen molar-refractivity contribution in [3.05, 3.63) is 62.7 Å². The second-order valence-corrected chi connectivity index (χ2v) is 5.97. The van der Waals surface area contributed by atoms with E-state index in [9.17, 15) is 20.0 Å². The number of carbonyl (C=O) groups excluding carboxylic acids is 1. The van der Waals surface area contributed by atoms with Crippen molar-refractivity contribution in [2.75, 3.05) is 5.32 Å². The summed E-state index contributed by atoms with van der Waals surface area (Å²) >= 11 is 5.79. The maximum absolute atomic E-state index is 12.1. The zero-order valence-electron chi connectivity index (χ0n) is 14.1. The fourth-order valence-electron chi connectivity index (χ4n) is 2.14. The van der Waals surface area contributed by atoms with Crippen molar-refractivity contribution in [3.63, 3.8) is 0 Å². The quantitative estimate of drug-likeness (QED) is 0.406. The summed E-state index contributed by atoms with van der Waals surface area (Å²) in [6, 6.07) is 9.27. The Bertz CT molecular complexity index is 870. The Hall–Kier alpha value is -3.13. The van der Waals surface area contributed by atoms with Gasteiger partial charge in [0, 0.05) is 22.3 Å². The van der Waals surface area contributed by atoms with Crippen molar-refractivity contribution in [1.82, 2.24) is 5.43 Å². The van der Waals surface area contributed by atoms with Crippen LogP contribution in [0.15, 0.2) is 41.5 Å². The van der Waals surface area contributed by atoms with Gasteiger partial charge in [-0.15, -0.1) is 0 Å². The van der Waals surface area contributed by atoms with Gasteiger partial charge in [-0.1, -0.05) is 29.8 Å². The van der Waals surface area contributed by atoms with Crippen molar-refractivity contribution in [1.29, 1.82) is 0 Å². The number of halogens is 1. The molecule has 0 aliphatic rings. The number of hydrogen-bond acceptors (Lipinski definition) is 6. The average Bonchev–Trinajstić information content (AvgIpc) is 2.59. The van der Waals surface area contributed by atoms with Crippen LogP contribution in [0.3, 0.4) is 0 Å². The average molecular weight is 377 g/mol. The third-order valence-corrected chi connectivity index (χ3v) is 3.79. The number of hydrazone groups is 1. The SMILES string of the molecule is Cc1ccccc1N[C@@H](C)C(=O)N/N=C\c1cc(Cl)cc([N+](=O)[O-])c1O. The van der Waals surface area contributed by atoms with Gasteiger partial charge in [-0.25, -0.2) is 5.43 Å². The van der Waals surface area contributed by atoms with Crippen molar-refractivity contribution in [3.8, 4) is 5.75 Å². The fraction of sp³-hybridized carbons (Fsp3) is 0.176. The Balaban J connectivity index is 2.05. The first kappa shape index (κ1) is 19.2. The minimum Gasteiger partial charge on any atom is -0.502 e. The molecule has 1 amide bonds. The highest BCUT2D eigenvalue weighted by molar-refractivity contribution is 6.31. The molecule has 2 aromatic carbocycles. The van der Waals surface area contributed by atoms with Crippen LogP contribution in [0.1, 0.15) is 18.1 Å². The molecule has 2 aromatic rings. The predicted octanol–water partition coefficient (Wildman–Crippen LogP) is 3.21. The van der Waals surface area contributed by atoms with Gasteiger partial charge < -0.3 is 10.4 Å². The lowest BCUT2D eigenvalue weighted by atomic mass is 10.2. The lowest BCUT2D eigenvalue weighted by Gasteiger charge is -2.15. The monoisotopic (exact) mass is 376 g/mol. The van der Waals surface area contributed by atoms with Crippen LogP contribution in [-0.2, 0) is 4.79 Å². The lowest BCUT2D eigenvalue weighted by molar-refractivity contribution is -0.385. The summed E-state index contributed by atoms with van der Waals surface area (Å²) < 4.78 is 0. The number of hydrogen-bond donors (Lipinski definition) is 3. The second kappa shape index (κ2) is 8.30. The van der Waals surface area contributed by atoms with E-state index in [1.54, 1.807) is 6.92 Å². The minimum absolute atomic E-state index is 0.0176. The molecule has 136 valence electrons. The summed E-state index contributed by atoms with van der Waals surface area (Å²) in [4.78, 5) is 22.2. The van der Waals surface area contributed by atoms with E-state index in [2.05, 4.69) is 15.8 Å². The molecule has 0 spiro atoms. The Labute approximate surface area is 154 Å². The van der Waals surface area contributed by atoms with Crippen LogP contribution in [0.25, 0.3) is 0 Å².